The zero-order valence-electron chi connectivity index (χ0n) is 7.98. The maximum Gasteiger partial charge on any atom is 0.301 e. The summed E-state index contributed by atoms with van der Waals surface area (Å²) in [6.07, 6.45) is 4.65. The van der Waals surface area contributed by atoms with Crippen LogP contribution in [0.2, 0.25) is 0 Å². The van der Waals surface area contributed by atoms with Crippen LogP contribution in [-0.4, -0.2) is 19.9 Å². The molecule has 6 nitrogen and oxygen atoms in total. The number of hydrogen-bond acceptors (Lipinski definition) is 6. The number of nitro groups is 1. The van der Waals surface area contributed by atoms with E-state index in [2.05, 4.69) is 15.0 Å². The molecule has 2 aromatic rings. The summed E-state index contributed by atoms with van der Waals surface area (Å²) in [5.74, 6) is 0. The molecule has 2 rings (SSSR count). The zero-order valence-corrected chi connectivity index (χ0v) is 8.79. The fraction of sp³-hybridized carbons (Fsp3) is 0. The highest BCUT2D eigenvalue weighted by Crippen LogP contribution is 2.29. The molecule has 0 amide bonds. The fourth-order valence-corrected chi connectivity index (χ4v) is 1.79. The molecule has 0 aliphatic heterocycles. The Morgan fingerprint density at radius 2 is 1.81 bits per heavy atom. The van der Waals surface area contributed by atoms with Gasteiger partial charge in [0.2, 0.25) is 0 Å². The van der Waals surface area contributed by atoms with Gasteiger partial charge in [0.15, 0.2) is 10.2 Å². The molecular weight excluding hydrogens is 228 g/mol. The van der Waals surface area contributed by atoms with Gasteiger partial charge in [0.25, 0.3) is 0 Å². The van der Waals surface area contributed by atoms with Crippen LogP contribution in [0, 0.1) is 10.1 Å². The summed E-state index contributed by atoms with van der Waals surface area (Å²) in [6, 6.07) is 4.60. The van der Waals surface area contributed by atoms with Crippen LogP contribution in [0.15, 0.2) is 47.0 Å². The topological polar surface area (TPSA) is 81.8 Å². The molecule has 0 fully saturated rings. The van der Waals surface area contributed by atoms with Gasteiger partial charge in [-0.25, -0.2) is 15.0 Å². The van der Waals surface area contributed by atoms with Crippen molar-refractivity contribution in [3.8, 4) is 0 Å². The van der Waals surface area contributed by atoms with Crippen molar-refractivity contribution in [1.29, 1.82) is 0 Å². The highest BCUT2D eigenvalue weighted by atomic mass is 32.2. The molecule has 0 saturated carbocycles. The summed E-state index contributed by atoms with van der Waals surface area (Å²) < 4.78 is 0. The van der Waals surface area contributed by atoms with E-state index in [1.807, 2.05) is 0 Å². The molecular formula is C9H6N4O2S. The van der Waals surface area contributed by atoms with Crippen molar-refractivity contribution >= 4 is 17.4 Å². The van der Waals surface area contributed by atoms with Crippen molar-refractivity contribution in [2.24, 2.45) is 0 Å². The quantitative estimate of drug-likeness (QED) is 0.458. The summed E-state index contributed by atoms with van der Waals surface area (Å²) in [4.78, 5) is 22.1. The van der Waals surface area contributed by atoms with E-state index < -0.39 is 4.92 Å². The molecule has 0 aromatic carbocycles. The molecule has 7 heteroatoms. The summed E-state index contributed by atoms with van der Waals surface area (Å²) >= 11 is 1.07. The molecule has 2 aromatic heterocycles. The van der Waals surface area contributed by atoms with E-state index in [1.165, 1.54) is 18.3 Å². The Balaban J connectivity index is 2.31. The third-order valence-corrected chi connectivity index (χ3v) is 2.58. The number of hydrogen-bond donors (Lipinski definition) is 0. The van der Waals surface area contributed by atoms with Gasteiger partial charge >= 0.3 is 5.69 Å². The lowest BCUT2D eigenvalue weighted by Gasteiger charge is -1.99. The van der Waals surface area contributed by atoms with Gasteiger partial charge in [-0.05, 0) is 23.9 Å². The first kappa shape index (κ1) is 10.5. The van der Waals surface area contributed by atoms with Crippen LogP contribution in [0.4, 0.5) is 5.69 Å². The Labute approximate surface area is 94.9 Å². The van der Waals surface area contributed by atoms with Crippen LogP contribution in [0.25, 0.3) is 0 Å². The van der Waals surface area contributed by atoms with Gasteiger partial charge in [0.1, 0.15) is 0 Å². The van der Waals surface area contributed by atoms with Crippen molar-refractivity contribution < 1.29 is 4.92 Å². The van der Waals surface area contributed by atoms with Gasteiger partial charge in [0, 0.05) is 24.7 Å². The van der Waals surface area contributed by atoms with Crippen molar-refractivity contribution in [3.63, 3.8) is 0 Å². The molecule has 0 N–H and O–H groups in total. The first-order valence-electron chi connectivity index (χ1n) is 4.31. The standard InChI is InChI=1S/C9H6N4O2S/c14-13(15)7-3-1-4-10-8(7)16-9-11-5-2-6-12-9/h1-6H. The first-order chi connectivity index (χ1) is 7.77. The lowest BCUT2D eigenvalue weighted by Crippen LogP contribution is -1.93. The third-order valence-electron chi connectivity index (χ3n) is 1.68. The van der Waals surface area contributed by atoms with E-state index in [9.17, 15) is 10.1 Å². The summed E-state index contributed by atoms with van der Waals surface area (Å²) in [6.45, 7) is 0. The number of pyridine rings is 1. The van der Waals surface area contributed by atoms with Crippen LogP contribution in [0.5, 0.6) is 0 Å². The summed E-state index contributed by atoms with van der Waals surface area (Å²) in [5.41, 5.74) is -0.0417. The van der Waals surface area contributed by atoms with Gasteiger partial charge in [-0.3, -0.25) is 10.1 Å². The number of nitrogens with zero attached hydrogens (tertiary/aromatic N) is 4. The second-order valence-electron chi connectivity index (χ2n) is 2.72. The zero-order chi connectivity index (χ0) is 11.4. The van der Waals surface area contributed by atoms with Crippen LogP contribution >= 0.6 is 11.8 Å². The van der Waals surface area contributed by atoms with Gasteiger partial charge < -0.3 is 0 Å². The Hall–Kier alpha value is -2.02. The minimum Gasteiger partial charge on any atom is -0.258 e. The summed E-state index contributed by atoms with van der Waals surface area (Å²) in [5, 5.41) is 11.4. The summed E-state index contributed by atoms with van der Waals surface area (Å²) in [7, 11) is 0. The van der Waals surface area contributed by atoms with Gasteiger partial charge in [-0.2, -0.15) is 0 Å². The number of aromatic nitrogens is 3. The molecule has 0 saturated heterocycles. The Morgan fingerprint density at radius 3 is 2.50 bits per heavy atom. The van der Waals surface area contributed by atoms with E-state index >= 15 is 0 Å². The van der Waals surface area contributed by atoms with Crippen LogP contribution in [0.3, 0.4) is 0 Å². The molecule has 0 atom stereocenters. The smallest absolute Gasteiger partial charge is 0.258 e. The second-order valence-corrected chi connectivity index (χ2v) is 3.67. The monoisotopic (exact) mass is 234 g/mol. The van der Waals surface area contributed by atoms with Crippen molar-refractivity contribution in [3.05, 3.63) is 46.9 Å². The van der Waals surface area contributed by atoms with Crippen molar-refractivity contribution in [2.75, 3.05) is 0 Å². The predicted molar refractivity (Wildman–Crippen MR) is 57.0 cm³/mol. The molecule has 2 heterocycles. The molecule has 0 aliphatic rings. The highest BCUT2D eigenvalue weighted by molar-refractivity contribution is 7.99. The largest absolute Gasteiger partial charge is 0.301 e. The van der Waals surface area contributed by atoms with E-state index in [0.717, 1.165) is 11.8 Å². The Morgan fingerprint density at radius 1 is 1.12 bits per heavy atom. The van der Waals surface area contributed by atoms with E-state index in [1.54, 1.807) is 18.5 Å². The average Bonchev–Trinajstić information content (AvgIpc) is 2.31. The molecule has 80 valence electrons. The van der Waals surface area contributed by atoms with Crippen LogP contribution < -0.4 is 0 Å². The molecule has 0 radical (unpaired) electrons. The van der Waals surface area contributed by atoms with Gasteiger partial charge in [0.05, 0.1) is 4.92 Å². The number of rotatable bonds is 3. The SMILES string of the molecule is O=[N+]([O-])c1cccnc1Sc1ncccn1. The average molecular weight is 234 g/mol. The van der Waals surface area contributed by atoms with E-state index in [4.69, 9.17) is 0 Å². The minimum atomic E-state index is -0.474. The first-order valence-corrected chi connectivity index (χ1v) is 5.13. The lowest BCUT2D eigenvalue weighted by molar-refractivity contribution is -0.388. The van der Waals surface area contributed by atoms with E-state index in [-0.39, 0.29) is 5.69 Å². The molecule has 0 unspecified atom stereocenters. The second kappa shape index (κ2) is 4.67. The maximum absolute atomic E-state index is 10.7. The fourth-order valence-electron chi connectivity index (χ4n) is 1.02. The molecule has 0 spiro atoms. The highest BCUT2D eigenvalue weighted by Gasteiger charge is 2.15. The Kier molecular flexibility index (Phi) is 3.06. The van der Waals surface area contributed by atoms with Crippen LogP contribution in [0.1, 0.15) is 0 Å². The Bertz CT molecular complexity index is 506. The normalized spacial score (nSPS) is 10.0. The van der Waals surface area contributed by atoms with Crippen molar-refractivity contribution in [1.82, 2.24) is 15.0 Å². The lowest BCUT2D eigenvalue weighted by atomic mass is 10.4. The van der Waals surface area contributed by atoms with Crippen LogP contribution in [-0.2, 0) is 0 Å². The minimum absolute atomic E-state index is 0.0417. The third kappa shape index (κ3) is 2.31. The van der Waals surface area contributed by atoms with Crippen molar-refractivity contribution in [2.45, 2.75) is 10.2 Å². The predicted octanol–water partition coefficient (Wildman–Crippen LogP) is 1.93. The molecule has 16 heavy (non-hydrogen) atoms. The van der Waals surface area contributed by atoms with Gasteiger partial charge in [-0.1, -0.05) is 0 Å². The van der Waals surface area contributed by atoms with E-state index in [0.29, 0.717) is 10.2 Å². The molecule has 0 aliphatic carbocycles. The molecule has 0 bridgehead atoms. The maximum atomic E-state index is 10.7. The van der Waals surface area contributed by atoms with Gasteiger partial charge in [-0.15, -0.1) is 0 Å².